The smallest absolute Gasteiger partial charge is 0.306 e. The van der Waals surface area contributed by atoms with Crippen LogP contribution in [-0.4, -0.2) is 101 Å². The van der Waals surface area contributed by atoms with Crippen LogP contribution in [0.4, 0.5) is 0 Å². The Balaban J connectivity index is 1.20. The van der Waals surface area contributed by atoms with Crippen LogP contribution in [0.5, 0.6) is 0 Å². The number of carbonyl (C=O) groups is 1. The molecule has 4 saturated heterocycles. The number of rotatable bonds is 19. The molecule has 2 aromatic rings. The molecule has 0 aliphatic carbocycles. The number of carbonyl (C=O) groups excluding carboxylic acids is 1. The maximum Gasteiger partial charge on any atom is 0.306 e. The predicted molar refractivity (Wildman–Crippen MR) is 225 cm³/mol. The molecule has 0 N–H and O–H groups in total. The van der Waals surface area contributed by atoms with Gasteiger partial charge >= 0.3 is 5.97 Å². The van der Waals surface area contributed by atoms with Gasteiger partial charge in [0.1, 0.15) is 49.3 Å². The van der Waals surface area contributed by atoms with Gasteiger partial charge in [-0.3, -0.25) is 4.79 Å². The van der Waals surface area contributed by atoms with Crippen molar-refractivity contribution < 1.29 is 61.6 Å². The SMILES string of the molecule is CCCCCCCC(=O)O[C@@H]1[C@H](OOC[C@@H]2OC(C)(C)O[C@H]2[C@@H]2OC(C)(C)O[C@@H]2CO[Si](C)(C)C(C)(C)C)O[C@@H]2COC(c3ccccc3)O[C@H]2[C@@H]1OCc1ccccc1. The lowest BCUT2D eigenvalue weighted by Gasteiger charge is -2.48. The molecule has 0 spiro atoms. The fraction of sp³-hybridized carbons (Fsp3) is 0.717. The van der Waals surface area contributed by atoms with Crippen LogP contribution in [0.15, 0.2) is 60.7 Å². The minimum atomic E-state index is -2.10. The topological polar surface area (TPSA) is 128 Å². The molecule has 4 heterocycles. The summed E-state index contributed by atoms with van der Waals surface area (Å²) >= 11 is 0. The molecule has 4 aliphatic heterocycles. The highest BCUT2D eigenvalue weighted by atomic mass is 28.4. The van der Waals surface area contributed by atoms with Crippen molar-refractivity contribution in [2.24, 2.45) is 0 Å². The molecule has 0 amide bonds. The Morgan fingerprint density at radius 3 is 2.02 bits per heavy atom. The Labute approximate surface area is 358 Å². The normalized spacial score (nSPS) is 31.5. The third kappa shape index (κ3) is 12.4. The van der Waals surface area contributed by atoms with E-state index in [2.05, 4.69) is 40.8 Å². The number of hydrogen-bond acceptors (Lipinski definition) is 13. The van der Waals surface area contributed by atoms with Gasteiger partial charge in [0.15, 0.2) is 32.3 Å². The number of benzene rings is 2. The Morgan fingerprint density at radius 1 is 0.767 bits per heavy atom. The molecule has 0 saturated carbocycles. The number of esters is 1. The van der Waals surface area contributed by atoms with Gasteiger partial charge in [-0.2, -0.15) is 0 Å². The number of hydrogen-bond donors (Lipinski definition) is 0. The summed E-state index contributed by atoms with van der Waals surface area (Å²) in [7, 11) is -2.10. The fourth-order valence-electron chi connectivity index (χ4n) is 7.79. The molecule has 0 aromatic heterocycles. The first-order valence-corrected chi connectivity index (χ1v) is 24.8. The van der Waals surface area contributed by atoms with Crippen molar-refractivity contribution in [3.63, 3.8) is 0 Å². The summed E-state index contributed by atoms with van der Waals surface area (Å²) in [6.07, 6.45) is -2.01. The minimum absolute atomic E-state index is 0.0211. The molecule has 14 heteroatoms. The quantitative estimate of drug-likeness (QED) is 0.0440. The lowest BCUT2D eigenvalue weighted by Crippen LogP contribution is -2.64. The Hall–Kier alpha value is -2.31. The summed E-state index contributed by atoms with van der Waals surface area (Å²) in [5, 5.41) is 0.0211. The van der Waals surface area contributed by atoms with E-state index in [1.807, 2.05) is 88.4 Å². The highest BCUT2D eigenvalue weighted by Gasteiger charge is 2.56. The Bertz CT molecular complexity index is 1620. The third-order valence-corrected chi connectivity index (χ3v) is 16.5. The standard InChI is InChI=1S/C46H70O13Si/c1-11-12-13-14-21-26-36(47)53-41-40(48-27-31-22-17-15-18-23-31)37-33(28-49-42(54-37)32-24-19-16-20-25-32)52-43(41)59-50-29-34-38(57-45(5,6)55-34)39-35(56-46(7,8)58-39)30-51-60(9,10)44(2,3)4/h15-20,22-25,33-35,37-43H,11-14,21,26-30H2,1-10H3/t33-,34+,35-,37-,38-,39-,40+,41+,42?,43+/m1/s1. The lowest BCUT2D eigenvalue weighted by molar-refractivity contribution is -0.446. The molecule has 1 unspecified atom stereocenters. The maximum absolute atomic E-state index is 13.6. The van der Waals surface area contributed by atoms with Crippen LogP contribution in [0.1, 0.15) is 111 Å². The van der Waals surface area contributed by atoms with Gasteiger partial charge in [-0.15, -0.1) is 0 Å². The van der Waals surface area contributed by atoms with Crippen LogP contribution in [0.3, 0.4) is 0 Å². The van der Waals surface area contributed by atoms with E-state index in [0.717, 1.165) is 36.8 Å². The maximum atomic E-state index is 13.6. The monoisotopic (exact) mass is 858 g/mol. The van der Waals surface area contributed by atoms with Gasteiger partial charge in [0.2, 0.25) is 6.29 Å². The minimum Gasteiger partial charge on any atom is -0.454 e. The van der Waals surface area contributed by atoms with Crippen LogP contribution in [0.25, 0.3) is 0 Å². The van der Waals surface area contributed by atoms with Gasteiger partial charge in [-0.25, -0.2) is 9.78 Å². The molecule has 4 aliphatic rings. The average molecular weight is 859 g/mol. The van der Waals surface area contributed by atoms with Gasteiger partial charge in [0.05, 0.1) is 19.8 Å². The van der Waals surface area contributed by atoms with E-state index in [9.17, 15) is 4.79 Å². The van der Waals surface area contributed by atoms with E-state index < -0.39 is 81.3 Å². The van der Waals surface area contributed by atoms with Gasteiger partial charge in [0.25, 0.3) is 0 Å². The van der Waals surface area contributed by atoms with E-state index in [-0.39, 0.29) is 37.2 Å². The highest BCUT2D eigenvalue weighted by molar-refractivity contribution is 6.74. The van der Waals surface area contributed by atoms with Crippen molar-refractivity contribution in [2.45, 2.75) is 192 Å². The zero-order chi connectivity index (χ0) is 43.1. The van der Waals surface area contributed by atoms with Crippen molar-refractivity contribution >= 4 is 14.3 Å². The van der Waals surface area contributed by atoms with Crippen LogP contribution in [-0.2, 0) is 68.2 Å². The molecule has 336 valence electrons. The van der Waals surface area contributed by atoms with Gasteiger partial charge in [-0.05, 0) is 57.8 Å². The summed E-state index contributed by atoms with van der Waals surface area (Å²) < 4.78 is 64.6. The molecule has 4 fully saturated rings. The molecule has 0 radical (unpaired) electrons. The molecule has 2 aromatic carbocycles. The van der Waals surface area contributed by atoms with Crippen LogP contribution < -0.4 is 0 Å². The van der Waals surface area contributed by atoms with Crippen molar-refractivity contribution in [3.8, 4) is 0 Å². The first-order valence-electron chi connectivity index (χ1n) is 21.9. The van der Waals surface area contributed by atoms with Crippen molar-refractivity contribution in [1.29, 1.82) is 0 Å². The molecule has 0 bridgehead atoms. The fourth-order valence-corrected chi connectivity index (χ4v) is 8.80. The predicted octanol–water partition coefficient (Wildman–Crippen LogP) is 8.69. The summed E-state index contributed by atoms with van der Waals surface area (Å²) in [4.78, 5) is 25.7. The zero-order valence-corrected chi connectivity index (χ0v) is 38.4. The molecule has 13 nitrogen and oxygen atoms in total. The highest BCUT2D eigenvalue weighted by Crippen LogP contribution is 2.42. The summed E-state index contributed by atoms with van der Waals surface area (Å²) in [6, 6.07) is 19.5. The zero-order valence-electron chi connectivity index (χ0n) is 37.4. The molecular weight excluding hydrogens is 789 g/mol. The van der Waals surface area contributed by atoms with E-state index in [1.54, 1.807) is 0 Å². The van der Waals surface area contributed by atoms with E-state index >= 15 is 0 Å². The second-order valence-corrected chi connectivity index (χ2v) is 23.6. The van der Waals surface area contributed by atoms with Gasteiger partial charge < -0.3 is 47.1 Å². The van der Waals surface area contributed by atoms with Crippen LogP contribution in [0.2, 0.25) is 18.1 Å². The average Bonchev–Trinajstić information content (AvgIpc) is 3.69. The number of unbranched alkanes of at least 4 members (excludes halogenated alkanes) is 4. The largest absolute Gasteiger partial charge is 0.454 e. The summed E-state index contributed by atoms with van der Waals surface area (Å²) in [5.41, 5.74) is 1.80. The van der Waals surface area contributed by atoms with Crippen LogP contribution >= 0.6 is 0 Å². The summed E-state index contributed by atoms with van der Waals surface area (Å²) in [5.74, 6) is -2.21. The molecular formula is C46H70O13Si. The van der Waals surface area contributed by atoms with E-state index in [0.29, 0.717) is 13.0 Å². The van der Waals surface area contributed by atoms with Crippen LogP contribution in [0, 0.1) is 0 Å². The first kappa shape index (κ1) is 47.2. The Morgan fingerprint density at radius 2 is 1.38 bits per heavy atom. The Kier molecular flexibility index (Phi) is 16.1. The van der Waals surface area contributed by atoms with E-state index in [1.165, 1.54) is 0 Å². The molecule has 60 heavy (non-hydrogen) atoms. The second-order valence-electron chi connectivity index (χ2n) is 18.8. The summed E-state index contributed by atoms with van der Waals surface area (Å²) in [6.45, 7) is 21.4. The number of fused-ring (bicyclic) bond motifs is 1. The van der Waals surface area contributed by atoms with E-state index in [4.69, 9.17) is 56.8 Å². The van der Waals surface area contributed by atoms with Gasteiger partial charge in [-0.1, -0.05) is 114 Å². The van der Waals surface area contributed by atoms with Gasteiger partial charge in [0, 0.05) is 12.0 Å². The second kappa shape index (κ2) is 20.5. The van der Waals surface area contributed by atoms with Crippen molar-refractivity contribution in [2.75, 3.05) is 19.8 Å². The molecule has 10 atom stereocenters. The number of ether oxygens (including phenoxy) is 9. The molecule has 6 rings (SSSR count). The van der Waals surface area contributed by atoms with Crippen molar-refractivity contribution in [3.05, 3.63) is 71.8 Å². The lowest BCUT2D eigenvalue weighted by atomic mass is 9.97. The third-order valence-electron chi connectivity index (χ3n) is 12.0. The van der Waals surface area contributed by atoms with Crippen molar-refractivity contribution in [1.82, 2.24) is 0 Å². The first-order chi connectivity index (χ1) is 28.5.